The molecule has 3 aromatic rings. The van der Waals surface area contributed by atoms with E-state index in [1.807, 2.05) is 6.92 Å². The Bertz CT molecular complexity index is 726. The molecule has 0 unspecified atom stereocenters. The summed E-state index contributed by atoms with van der Waals surface area (Å²) < 4.78 is 19.4. The van der Waals surface area contributed by atoms with Gasteiger partial charge in [-0.25, -0.2) is 9.37 Å². The Balaban J connectivity index is 1.70. The van der Waals surface area contributed by atoms with Crippen molar-refractivity contribution in [2.45, 2.75) is 17.0 Å². The molecule has 20 heavy (non-hydrogen) atoms. The zero-order valence-electron chi connectivity index (χ0n) is 10.5. The van der Waals surface area contributed by atoms with Gasteiger partial charge in [0, 0.05) is 11.3 Å². The second-order valence-corrected chi connectivity index (χ2v) is 6.43. The van der Waals surface area contributed by atoms with Gasteiger partial charge in [-0.15, -0.1) is 10.2 Å². The molecule has 0 radical (unpaired) electrons. The third-order valence-corrected chi connectivity index (χ3v) is 4.48. The van der Waals surface area contributed by atoms with E-state index in [-0.39, 0.29) is 5.82 Å². The van der Waals surface area contributed by atoms with Crippen molar-refractivity contribution in [1.29, 1.82) is 0 Å². The van der Waals surface area contributed by atoms with Crippen LogP contribution < -0.4 is 0 Å². The lowest BCUT2D eigenvalue weighted by Crippen LogP contribution is -1.83. The van der Waals surface area contributed by atoms with Crippen LogP contribution in [-0.4, -0.2) is 15.2 Å². The minimum Gasteiger partial charge on any atom is -0.444 e. The zero-order valence-corrected chi connectivity index (χ0v) is 12.2. The Morgan fingerprint density at radius 1 is 1.35 bits per heavy atom. The minimum absolute atomic E-state index is 0.305. The fraction of sp³-hybridized carbons (Fsp3) is 0.154. The minimum atomic E-state index is -0.305. The molecule has 0 saturated heterocycles. The van der Waals surface area contributed by atoms with Crippen LogP contribution in [-0.2, 0) is 5.75 Å². The van der Waals surface area contributed by atoms with Gasteiger partial charge in [0.2, 0.25) is 5.89 Å². The molecule has 102 valence electrons. The Labute approximate surface area is 123 Å². The van der Waals surface area contributed by atoms with Crippen molar-refractivity contribution in [2.75, 3.05) is 0 Å². The first kappa shape index (κ1) is 13.3. The smallest absolute Gasteiger partial charge is 0.226 e. The van der Waals surface area contributed by atoms with Crippen LogP contribution in [0.5, 0.6) is 0 Å². The predicted octanol–water partition coefficient (Wildman–Crippen LogP) is 3.93. The molecule has 0 amide bonds. The maximum Gasteiger partial charge on any atom is 0.226 e. The van der Waals surface area contributed by atoms with Gasteiger partial charge in [0.25, 0.3) is 0 Å². The van der Waals surface area contributed by atoms with Crippen LogP contribution >= 0.6 is 23.1 Å². The standard InChI is InChI=1S/C13H10FN3OS2/c1-8-16-17-13(20-8)19-7-11-6-18-12(15-11)9-3-2-4-10(14)5-9/h2-6H,7H2,1H3. The highest BCUT2D eigenvalue weighted by Gasteiger charge is 2.09. The van der Waals surface area contributed by atoms with Crippen LogP contribution in [0.1, 0.15) is 10.7 Å². The maximum absolute atomic E-state index is 13.1. The van der Waals surface area contributed by atoms with E-state index in [2.05, 4.69) is 15.2 Å². The van der Waals surface area contributed by atoms with Crippen molar-refractivity contribution in [3.8, 4) is 11.5 Å². The number of hydrogen-bond acceptors (Lipinski definition) is 6. The fourth-order valence-corrected chi connectivity index (χ4v) is 3.29. The molecule has 7 heteroatoms. The van der Waals surface area contributed by atoms with E-state index in [9.17, 15) is 4.39 Å². The molecule has 2 aromatic heterocycles. The van der Waals surface area contributed by atoms with Crippen molar-refractivity contribution >= 4 is 23.1 Å². The zero-order chi connectivity index (χ0) is 13.9. The number of aryl methyl sites for hydroxylation is 1. The van der Waals surface area contributed by atoms with Crippen molar-refractivity contribution in [1.82, 2.24) is 15.2 Å². The SMILES string of the molecule is Cc1nnc(SCc2coc(-c3cccc(F)c3)n2)s1. The third kappa shape index (κ3) is 3.05. The van der Waals surface area contributed by atoms with E-state index in [1.165, 1.54) is 12.1 Å². The van der Waals surface area contributed by atoms with Gasteiger partial charge in [0.15, 0.2) is 4.34 Å². The molecule has 0 bridgehead atoms. The van der Waals surface area contributed by atoms with Gasteiger partial charge in [0.1, 0.15) is 17.1 Å². The van der Waals surface area contributed by atoms with Crippen molar-refractivity contribution < 1.29 is 8.81 Å². The molecule has 0 fully saturated rings. The summed E-state index contributed by atoms with van der Waals surface area (Å²) in [4.78, 5) is 4.35. The van der Waals surface area contributed by atoms with E-state index in [4.69, 9.17) is 4.42 Å². The Morgan fingerprint density at radius 3 is 3.00 bits per heavy atom. The highest BCUT2D eigenvalue weighted by molar-refractivity contribution is 8.00. The number of thioether (sulfide) groups is 1. The second-order valence-electron chi connectivity index (χ2n) is 4.03. The number of nitrogens with zero attached hydrogens (tertiary/aromatic N) is 3. The van der Waals surface area contributed by atoms with E-state index in [0.717, 1.165) is 15.0 Å². The monoisotopic (exact) mass is 307 g/mol. The molecule has 0 aliphatic heterocycles. The molecule has 0 aliphatic rings. The molecule has 3 rings (SSSR count). The summed E-state index contributed by atoms with van der Waals surface area (Å²) in [6.07, 6.45) is 1.58. The molecule has 0 atom stereocenters. The second kappa shape index (κ2) is 5.72. The lowest BCUT2D eigenvalue weighted by atomic mass is 10.2. The van der Waals surface area contributed by atoms with E-state index >= 15 is 0 Å². The molecule has 4 nitrogen and oxygen atoms in total. The highest BCUT2D eigenvalue weighted by Crippen LogP contribution is 2.27. The summed E-state index contributed by atoms with van der Waals surface area (Å²) in [6, 6.07) is 6.19. The lowest BCUT2D eigenvalue weighted by molar-refractivity contribution is 0.571. The molecule has 0 aliphatic carbocycles. The number of benzene rings is 1. The molecule has 0 saturated carbocycles. The normalized spacial score (nSPS) is 10.9. The third-order valence-electron chi connectivity index (χ3n) is 2.47. The first-order valence-corrected chi connectivity index (χ1v) is 7.64. The summed E-state index contributed by atoms with van der Waals surface area (Å²) >= 11 is 3.10. The molecule has 1 aromatic carbocycles. The molecule has 2 heterocycles. The maximum atomic E-state index is 13.1. The summed E-state index contributed by atoms with van der Waals surface area (Å²) in [7, 11) is 0. The number of hydrogen-bond donors (Lipinski definition) is 0. The van der Waals surface area contributed by atoms with Crippen LogP contribution in [0, 0.1) is 12.7 Å². The first-order chi connectivity index (χ1) is 9.70. The number of halogens is 1. The largest absolute Gasteiger partial charge is 0.444 e. The van der Waals surface area contributed by atoms with Gasteiger partial charge in [-0.1, -0.05) is 29.2 Å². The van der Waals surface area contributed by atoms with Crippen molar-refractivity contribution in [2.24, 2.45) is 0 Å². The van der Waals surface area contributed by atoms with Crippen LogP contribution in [0.15, 0.2) is 39.3 Å². The van der Waals surface area contributed by atoms with Crippen LogP contribution in [0.25, 0.3) is 11.5 Å². The summed E-state index contributed by atoms with van der Waals surface area (Å²) in [5.41, 5.74) is 1.43. The molecular formula is C13H10FN3OS2. The topological polar surface area (TPSA) is 51.8 Å². The van der Waals surface area contributed by atoms with Gasteiger partial charge in [-0.3, -0.25) is 0 Å². The summed E-state index contributed by atoms with van der Waals surface area (Å²) in [6.45, 7) is 1.92. The van der Waals surface area contributed by atoms with Crippen LogP contribution in [0.2, 0.25) is 0 Å². The van der Waals surface area contributed by atoms with Gasteiger partial charge in [0.05, 0.1) is 5.69 Å². The predicted molar refractivity (Wildman–Crippen MR) is 76.1 cm³/mol. The number of rotatable bonds is 4. The molecule has 0 spiro atoms. The Hall–Kier alpha value is -1.73. The molecular weight excluding hydrogens is 297 g/mol. The average molecular weight is 307 g/mol. The van der Waals surface area contributed by atoms with E-state index < -0.39 is 0 Å². The van der Waals surface area contributed by atoms with Crippen LogP contribution in [0.4, 0.5) is 4.39 Å². The van der Waals surface area contributed by atoms with Crippen LogP contribution in [0.3, 0.4) is 0 Å². The van der Waals surface area contributed by atoms with Gasteiger partial charge >= 0.3 is 0 Å². The van der Waals surface area contributed by atoms with Gasteiger partial charge in [-0.05, 0) is 25.1 Å². The lowest BCUT2D eigenvalue weighted by Gasteiger charge is -1.94. The summed E-state index contributed by atoms with van der Waals surface area (Å²) in [5, 5.41) is 8.92. The fourth-order valence-electron chi connectivity index (χ4n) is 1.60. The van der Waals surface area contributed by atoms with Gasteiger partial charge in [-0.2, -0.15) is 0 Å². The molecule has 0 N–H and O–H groups in total. The highest BCUT2D eigenvalue weighted by atomic mass is 32.2. The summed E-state index contributed by atoms with van der Waals surface area (Å²) in [5.74, 6) is 0.766. The van der Waals surface area contributed by atoms with Crippen molar-refractivity contribution in [3.63, 3.8) is 0 Å². The van der Waals surface area contributed by atoms with Gasteiger partial charge < -0.3 is 4.42 Å². The Morgan fingerprint density at radius 2 is 2.25 bits per heavy atom. The van der Waals surface area contributed by atoms with E-state index in [0.29, 0.717) is 17.2 Å². The Kier molecular flexibility index (Phi) is 3.79. The van der Waals surface area contributed by atoms with E-state index in [1.54, 1.807) is 41.5 Å². The average Bonchev–Trinajstić information content (AvgIpc) is 3.05. The van der Waals surface area contributed by atoms with Crippen molar-refractivity contribution in [3.05, 3.63) is 47.0 Å². The quantitative estimate of drug-likeness (QED) is 0.683. The number of aromatic nitrogens is 3. The first-order valence-electron chi connectivity index (χ1n) is 5.84. The number of oxazole rings is 1.